The molecule has 7 heteroatoms. The first kappa shape index (κ1) is 13.0. The van der Waals surface area contributed by atoms with Gasteiger partial charge in [-0.1, -0.05) is 0 Å². The van der Waals surface area contributed by atoms with Crippen molar-refractivity contribution in [2.24, 2.45) is 0 Å². The molecule has 2 rings (SSSR count). The monoisotopic (exact) mass is 264 g/mol. The molecule has 0 aliphatic rings. The van der Waals surface area contributed by atoms with Gasteiger partial charge in [0.15, 0.2) is 0 Å². The minimum absolute atomic E-state index is 0.256. The topological polar surface area (TPSA) is 73.0 Å². The molecule has 0 atom stereocenters. The molecule has 0 aliphatic carbocycles. The maximum Gasteiger partial charge on any atom is 0.295 e. The van der Waals surface area contributed by atoms with Crippen LogP contribution in [0.15, 0.2) is 30.9 Å². The first-order valence-electron chi connectivity index (χ1n) is 5.72. The van der Waals surface area contributed by atoms with Crippen molar-refractivity contribution >= 4 is 11.4 Å². The number of imidazole rings is 1. The SMILES string of the molecule is Cc1cc(NCCn2ccnc2)c([N+](=O)[O-])cc1F. The summed E-state index contributed by atoms with van der Waals surface area (Å²) >= 11 is 0. The van der Waals surface area contributed by atoms with Crippen molar-refractivity contribution in [3.8, 4) is 0 Å². The van der Waals surface area contributed by atoms with E-state index in [1.165, 1.54) is 6.07 Å². The molecule has 0 amide bonds. The molecule has 0 spiro atoms. The number of aryl methyl sites for hydroxylation is 1. The molecule has 1 aromatic heterocycles. The lowest BCUT2D eigenvalue weighted by atomic mass is 10.2. The van der Waals surface area contributed by atoms with Crippen molar-refractivity contribution in [1.82, 2.24) is 9.55 Å². The van der Waals surface area contributed by atoms with Gasteiger partial charge in [0.1, 0.15) is 11.5 Å². The quantitative estimate of drug-likeness (QED) is 0.664. The predicted molar refractivity (Wildman–Crippen MR) is 68.5 cm³/mol. The predicted octanol–water partition coefficient (Wildman–Crippen LogP) is 2.35. The Labute approximate surface area is 109 Å². The van der Waals surface area contributed by atoms with Gasteiger partial charge < -0.3 is 9.88 Å². The molecule has 1 N–H and O–H groups in total. The largest absolute Gasteiger partial charge is 0.378 e. The van der Waals surface area contributed by atoms with E-state index in [0.29, 0.717) is 24.3 Å². The average Bonchev–Trinajstić information content (AvgIpc) is 2.86. The Balaban J connectivity index is 2.10. The lowest BCUT2D eigenvalue weighted by molar-refractivity contribution is -0.384. The summed E-state index contributed by atoms with van der Waals surface area (Å²) in [6.07, 6.45) is 5.11. The summed E-state index contributed by atoms with van der Waals surface area (Å²) < 4.78 is 15.2. The number of hydrogen-bond acceptors (Lipinski definition) is 4. The molecule has 6 nitrogen and oxygen atoms in total. The van der Waals surface area contributed by atoms with E-state index in [-0.39, 0.29) is 5.69 Å². The number of nitro benzene ring substituents is 1. The molecule has 1 aromatic carbocycles. The molecule has 19 heavy (non-hydrogen) atoms. The first-order chi connectivity index (χ1) is 9.08. The van der Waals surface area contributed by atoms with Crippen molar-refractivity contribution in [2.75, 3.05) is 11.9 Å². The highest BCUT2D eigenvalue weighted by atomic mass is 19.1. The highest BCUT2D eigenvalue weighted by molar-refractivity contribution is 5.63. The number of nitro groups is 1. The van der Waals surface area contributed by atoms with Gasteiger partial charge in [-0.15, -0.1) is 0 Å². The Morgan fingerprint density at radius 1 is 1.53 bits per heavy atom. The second-order valence-corrected chi connectivity index (χ2v) is 4.10. The van der Waals surface area contributed by atoms with Gasteiger partial charge in [0.25, 0.3) is 5.69 Å². The first-order valence-corrected chi connectivity index (χ1v) is 5.72. The molecule has 0 saturated heterocycles. The second kappa shape index (κ2) is 5.47. The second-order valence-electron chi connectivity index (χ2n) is 4.10. The van der Waals surface area contributed by atoms with E-state index in [2.05, 4.69) is 10.3 Å². The summed E-state index contributed by atoms with van der Waals surface area (Å²) in [7, 11) is 0. The van der Waals surface area contributed by atoms with Crippen molar-refractivity contribution in [1.29, 1.82) is 0 Å². The fourth-order valence-electron chi connectivity index (χ4n) is 1.70. The van der Waals surface area contributed by atoms with Crippen LogP contribution in [-0.4, -0.2) is 21.0 Å². The maximum absolute atomic E-state index is 13.3. The summed E-state index contributed by atoms with van der Waals surface area (Å²) in [5.41, 5.74) is 0.438. The summed E-state index contributed by atoms with van der Waals surface area (Å²) in [5, 5.41) is 13.8. The molecule has 0 bridgehead atoms. The van der Waals surface area contributed by atoms with Crippen LogP contribution in [0.2, 0.25) is 0 Å². The standard InChI is InChI=1S/C12H13FN4O2/c1-9-6-11(12(17(18)19)7-10(9)13)15-3-5-16-4-2-14-8-16/h2,4,6-8,15H,3,5H2,1H3. The lowest BCUT2D eigenvalue weighted by Gasteiger charge is -2.09. The van der Waals surface area contributed by atoms with E-state index >= 15 is 0 Å². The molecular weight excluding hydrogens is 251 g/mol. The van der Waals surface area contributed by atoms with Crippen LogP contribution >= 0.6 is 0 Å². The highest BCUT2D eigenvalue weighted by Crippen LogP contribution is 2.27. The van der Waals surface area contributed by atoms with Crippen molar-refractivity contribution < 1.29 is 9.31 Å². The van der Waals surface area contributed by atoms with Gasteiger partial charge in [-0.25, -0.2) is 9.37 Å². The van der Waals surface area contributed by atoms with E-state index in [1.807, 2.05) is 4.57 Å². The van der Waals surface area contributed by atoms with Gasteiger partial charge in [0, 0.05) is 25.5 Å². The molecule has 0 aliphatic heterocycles. The third-order valence-corrected chi connectivity index (χ3v) is 2.72. The summed E-state index contributed by atoms with van der Waals surface area (Å²) in [6.45, 7) is 2.68. The minimum Gasteiger partial charge on any atom is -0.378 e. The molecule has 0 unspecified atom stereocenters. The molecular formula is C12H13FN4O2. The van der Waals surface area contributed by atoms with Crippen molar-refractivity contribution in [3.63, 3.8) is 0 Å². The third kappa shape index (κ3) is 3.06. The minimum atomic E-state index is -0.595. The highest BCUT2D eigenvalue weighted by Gasteiger charge is 2.16. The molecule has 2 aromatic rings. The Kier molecular flexibility index (Phi) is 3.74. The van der Waals surface area contributed by atoms with Crippen LogP contribution < -0.4 is 5.32 Å². The summed E-state index contributed by atoms with van der Waals surface area (Å²) in [4.78, 5) is 14.2. The van der Waals surface area contributed by atoms with E-state index in [1.54, 1.807) is 25.6 Å². The van der Waals surface area contributed by atoms with Gasteiger partial charge in [0.2, 0.25) is 0 Å². The maximum atomic E-state index is 13.3. The Hall–Kier alpha value is -2.44. The van der Waals surface area contributed by atoms with Gasteiger partial charge in [0.05, 0.1) is 17.3 Å². The Bertz CT molecular complexity index is 584. The molecule has 0 saturated carbocycles. The van der Waals surface area contributed by atoms with E-state index in [4.69, 9.17) is 0 Å². The van der Waals surface area contributed by atoms with Gasteiger partial charge in [-0.3, -0.25) is 10.1 Å². The molecule has 0 radical (unpaired) electrons. The van der Waals surface area contributed by atoms with E-state index in [9.17, 15) is 14.5 Å². The number of hydrogen-bond donors (Lipinski definition) is 1. The summed E-state index contributed by atoms with van der Waals surface area (Å²) in [5.74, 6) is -0.577. The number of halogens is 1. The van der Waals surface area contributed by atoms with Crippen LogP contribution in [0.5, 0.6) is 0 Å². The fourth-order valence-corrected chi connectivity index (χ4v) is 1.70. The zero-order valence-electron chi connectivity index (χ0n) is 10.3. The van der Waals surface area contributed by atoms with Crippen LogP contribution in [-0.2, 0) is 6.54 Å². The van der Waals surface area contributed by atoms with Gasteiger partial charge in [-0.2, -0.15) is 0 Å². The molecule has 100 valence electrons. The Morgan fingerprint density at radius 2 is 2.32 bits per heavy atom. The normalized spacial score (nSPS) is 10.4. The van der Waals surface area contributed by atoms with Gasteiger partial charge >= 0.3 is 0 Å². The van der Waals surface area contributed by atoms with Crippen LogP contribution in [0.3, 0.4) is 0 Å². The summed E-state index contributed by atoms with van der Waals surface area (Å²) in [6, 6.07) is 2.39. The van der Waals surface area contributed by atoms with Crippen LogP contribution in [0.1, 0.15) is 5.56 Å². The van der Waals surface area contributed by atoms with Crippen LogP contribution in [0.25, 0.3) is 0 Å². The number of aromatic nitrogens is 2. The molecule has 1 heterocycles. The zero-order chi connectivity index (χ0) is 13.8. The number of benzene rings is 1. The lowest BCUT2D eigenvalue weighted by Crippen LogP contribution is -2.11. The van der Waals surface area contributed by atoms with Gasteiger partial charge in [-0.05, 0) is 18.6 Å². The van der Waals surface area contributed by atoms with Crippen molar-refractivity contribution in [3.05, 3.63) is 52.3 Å². The zero-order valence-corrected chi connectivity index (χ0v) is 10.3. The number of anilines is 1. The van der Waals surface area contributed by atoms with Crippen molar-refractivity contribution in [2.45, 2.75) is 13.5 Å². The van der Waals surface area contributed by atoms with E-state index in [0.717, 1.165) is 6.07 Å². The Morgan fingerprint density at radius 3 is 2.95 bits per heavy atom. The average molecular weight is 264 g/mol. The van der Waals surface area contributed by atoms with E-state index < -0.39 is 10.7 Å². The number of rotatable bonds is 5. The molecule has 0 fully saturated rings. The smallest absolute Gasteiger partial charge is 0.295 e. The van der Waals surface area contributed by atoms with Crippen LogP contribution in [0, 0.1) is 22.9 Å². The van der Waals surface area contributed by atoms with Crippen LogP contribution in [0.4, 0.5) is 15.8 Å². The number of nitrogens with zero attached hydrogens (tertiary/aromatic N) is 3. The number of nitrogens with one attached hydrogen (secondary N) is 1. The fraction of sp³-hybridized carbons (Fsp3) is 0.250. The third-order valence-electron chi connectivity index (χ3n) is 2.72.